The zero-order chi connectivity index (χ0) is 12.0. The maximum absolute atomic E-state index is 12.1. The van der Waals surface area contributed by atoms with E-state index in [-0.39, 0.29) is 5.91 Å². The molecule has 0 aromatic rings. The average Bonchev–Trinajstić information content (AvgIpc) is 2.29. The summed E-state index contributed by atoms with van der Waals surface area (Å²) >= 11 is 0. The van der Waals surface area contributed by atoms with Gasteiger partial charge in [-0.1, -0.05) is 0 Å². The summed E-state index contributed by atoms with van der Waals surface area (Å²) in [5.41, 5.74) is 0. The van der Waals surface area contributed by atoms with Crippen molar-refractivity contribution in [3.63, 3.8) is 0 Å². The number of piperidine rings is 1. The molecule has 1 N–H and O–H groups in total. The predicted molar refractivity (Wildman–Crippen MR) is 58.5 cm³/mol. The molecule has 0 saturated carbocycles. The molecule has 0 spiro atoms. The van der Waals surface area contributed by atoms with Gasteiger partial charge >= 0.3 is 0 Å². The molecule has 5 heteroatoms. The van der Waals surface area contributed by atoms with Crippen molar-refractivity contribution in [3.05, 3.63) is 0 Å². The standard InChI is InChI=1S/C11H20F2N2O/c1-9(11(12)13)14-6-5-10(16)15-7-3-2-4-8-15/h9,11,14H,2-8H2,1H3. The Balaban J connectivity index is 2.14. The minimum atomic E-state index is -2.37. The number of carbonyl (C=O) groups is 1. The Morgan fingerprint density at radius 3 is 2.50 bits per heavy atom. The predicted octanol–water partition coefficient (Wildman–Crippen LogP) is 1.63. The zero-order valence-corrected chi connectivity index (χ0v) is 9.72. The van der Waals surface area contributed by atoms with Gasteiger partial charge in [0.1, 0.15) is 0 Å². The Hall–Kier alpha value is -0.710. The van der Waals surface area contributed by atoms with Crippen molar-refractivity contribution in [2.24, 2.45) is 0 Å². The first-order valence-electron chi connectivity index (χ1n) is 5.90. The Bertz CT molecular complexity index is 218. The molecule has 1 saturated heterocycles. The van der Waals surface area contributed by atoms with Crippen LogP contribution < -0.4 is 5.32 Å². The van der Waals surface area contributed by atoms with Crippen LogP contribution in [0, 0.1) is 0 Å². The number of carbonyl (C=O) groups excluding carboxylic acids is 1. The quantitative estimate of drug-likeness (QED) is 0.784. The van der Waals surface area contributed by atoms with E-state index in [1.54, 1.807) is 0 Å². The molecule has 0 aliphatic carbocycles. The lowest BCUT2D eigenvalue weighted by Crippen LogP contribution is -2.39. The maximum atomic E-state index is 12.1. The Kier molecular flexibility index (Phi) is 5.66. The van der Waals surface area contributed by atoms with Gasteiger partial charge in [-0.15, -0.1) is 0 Å². The van der Waals surface area contributed by atoms with Gasteiger partial charge in [-0.25, -0.2) is 8.78 Å². The van der Waals surface area contributed by atoms with Crippen LogP contribution in [0.5, 0.6) is 0 Å². The number of hydrogen-bond acceptors (Lipinski definition) is 2. The normalized spacial score (nSPS) is 18.9. The molecule has 1 atom stereocenters. The number of likely N-dealkylation sites (tertiary alicyclic amines) is 1. The minimum absolute atomic E-state index is 0.0775. The van der Waals surface area contributed by atoms with Crippen molar-refractivity contribution >= 4 is 5.91 Å². The van der Waals surface area contributed by atoms with E-state index in [9.17, 15) is 13.6 Å². The van der Waals surface area contributed by atoms with E-state index in [0.717, 1.165) is 25.9 Å². The number of hydrogen-bond donors (Lipinski definition) is 1. The first-order chi connectivity index (χ1) is 7.61. The van der Waals surface area contributed by atoms with Crippen molar-refractivity contribution in [1.82, 2.24) is 10.2 Å². The summed E-state index contributed by atoms with van der Waals surface area (Å²) < 4.78 is 24.3. The number of nitrogens with zero attached hydrogens (tertiary/aromatic N) is 1. The summed E-state index contributed by atoms with van der Waals surface area (Å²) in [7, 11) is 0. The highest BCUT2D eigenvalue weighted by Gasteiger charge is 2.17. The lowest BCUT2D eigenvalue weighted by molar-refractivity contribution is -0.132. The van der Waals surface area contributed by atoms with Crippen LogP contribution in [-0.2, 0) is 4.79 Å². The van der Waals surface area contributed by atoms with Gasteiger partial charge in [0, 0.05) is 26.1 Å². The molecule has 94 valence electrons. The summed E-state index contributed by atoms with van der Waals surface area (Å²) in [4.78, 5) is 13.5. The molecule has 1 rings (SSSR count). The van der Waals surface area contributed by atoms with E-state index in [4.69, 9.17) is 0 Å². The highest BCUT2D eigenvalue weighted by atomic mass is 19.3. The molecule has 1 aliphatic rings. The molecule has 1 aliphatic heterocycles. The molecule has 16 heavy (non-hydrogen) atoms. The van der Waals surface area contributed by atoms with Crippen LogP contribution in [0.3, 0.4) is 0 Å². The second-order valence-electron chi connectivity index (χ2n) is 4.27. The van der Waals surface area contributed by atoms with Gasteiger partial charge in [0.25, 0.3) is 6.43 Å². The zero-order valence-electron chi connectivity index (χ0n) is 9.72. The molecular formula is C11H20F2N2O. The summed E-state index contributed by atoms with van der Waals surface area (Å²) in [5, 5.41) is 2.65. The minimum Gasteiger partial charge on any atom is -0.343 e. The average molecular weight is 234 g/mol. The van der Waals surface area contributed by atoms with Crippen LogP contribution in [0.4, 0.5) is 8.78 Å². The van der Waals surface area contributed by atoms with Crippen molar-refractivity contribution in [2.75, 3.05) is 19.6 Å². The Morgan fingerprint density at radius 2 is 1.94 bits per heavy atom. The smallest absolute Gasteiger partial charge is 0.253 e. The largest absolute Gasteiger partial charge is 0.343 e. The van der Waals surface area contributed by atoms with Crippen molar-refractivity contribution in [2.45, 2.75) is 45.1 Å². The Morgan fingerprint density at radius 1 is 1.31 bits per heavy atom. The number of nitrogens with one attached hydrogen (secondary N) is 1. The van der Waals surface area contributed by atoms with E-state index in [1.165, 1.54) is 13.3 Å². The first-order valence-corrected chi connectivity index (χ1v) is 5.90. The summed E-state index contributed by atoms with van der Waals surface area (Å²) in [6.45, 7) is 3.41. The second-order valence-corrected chi connectivity index (χ2v) is 4.27. The van der Waals surface area contributed by atoms with Gasteiger partial charge in [-0.2, -0.15) is 0 Å². The molecule has 0 aromatic heterocycles. The highest BCUT2D eigenvalue weighted by molar-refractivity contribution is 5.76. The molecule has 0 radical (unpaired) electrons. The first kappa shape index (κ1) is 13.4. The van der Waals surface area contributed by atoms with E-state index in [2.05, 4.69) is 5.32 Å². The molecule has 0 bridgehead atoms. The van der Waals surface area contributed by atoms with Gasteiger partial charge in [0.2, 0.25) is 5.91 Å². The third-order valence-corrected chi connectivity index (χ3v) is 2.89. The van der Waals surface area contributed by atoms with E-state index >= 15 is 0 Å². The molecule has 1 unspecified atom stereocenters. The number of halogens is 2. The lowest BCUT2D eigenvalue weighted by atomic mass is 10.1. The molecule has 0 aromatic carbocycles. The van der Waals surface area contributed by atoms with Crippen LogP contribution in [0.25, 0.3) is 0 Å². The van der Waals surface area contributed by atoms with Crippen LogP contribution in [-0.4, -0.2) is 42.9 Å². The van der Waals surface area contributed by atoms with Crippen LogP contribution in [0.1, 0.15) is 32.6 Å². The van der Waals surface area contributed by atoms with Crippen LogP contribution in [0.2, 0.25) is 0 Å². The third kappa shape index (κ3) is 4.43. The topological polar surface area (TPSA) is 32.3 Å². The summed E-state index contributed by atoms with van der Waals surface area (Å²) in [6, 6.07) is -0.839. The fourth-order valence-electron chi connectivity index (χ4n) is 1.80. The van der Waals surface area contributed by atoms with Gasteiger partial charge in [-0.05, 0) is 26.2 Å². The van der Waals surface area contributed by atoms with Gasteiger partial charge < -0.3 is 10.2 Å². The fourth-order valence-corrected chi connectivity index (χ4v) is 1.80. The number of alkyl halides is 2. The molecule has 1 amide bonds. The van der Waals surface area contributed by atoms with E-state index in [0.29, 0.717) is 13.0 Å². The summed E-state index contributed by atoms with van der Waals surface area (Å²) in [6.07, 6.45) is 1.26. The lowest BCUT2D eigenvalue weighted by Gasteiger charge is -2.27. The van der Waals surface area contributed by atoms with Gasteiger partial charge in [0.15, 0.2) is 0 Å². The monoisotopic (exact) mass is 234 g/mol. The molecular weight excluding hydrogens is 214 g/mol. The van der Waals surface area contributed by atoms with Crippen LogP contribution >= 0.6 is 0 Å². The molecule has 3 nitrogen and oxygen atoms in total. The van der Waals surface area contributed by atoms with Gasteiger partial charge in [0.05, 0.1) is 6.04 Å². The third-order valence-electron chi connectivity index (χ3n) is 2.89. The fraction of sp³-hybridized carbons (Fsp3) is 0.909. The molecule has 1 fully saturated rings. The number of amides is 1. The second kappa shape index (κ2) is 6.78. The summed E-state index contributed by atoms with van der Waals surface area (Å²) in [5.74, 6) is 0.0775. The van der Waals surface area contributed by atoms with Crippen molar-refractivity contribution in [1.29, 1.82) is 0 Å². The van der Waals surface area contributed by atoms with E-state index < -0.39 is 12.5 Å². The number of rotatable bonds is 5. The van der Waals surface area contributed by atoms with Crippen LogP contribution in [0.15, 0.2) is 0 Å². The van der Waals surface area contributed by atoms with Gasteiger partial charge in [-0.3, -0.25) is 4.79 Å². The van der Waals surface area contributed by atoms with Crippen molar-refractivity contribution < 1.29 is 13.6 Å². The van der Waals surface area contributed by atoms with Crippen molar-refractivity contribution in [3.8, 4) is 0 Å². The highest BCUT2D eigenvalue weighted by Crippen LogP contribution is 2.09. The van der Waals surface area contributed by atoms with E-state index in [1.807, 2.05) is 4.90 Å². The maximum Gasteiger partial charge on any atom is 0.253 e. The Labute approximate surface area is 95.2 Å². The SMILES string of the molecule is CC(NCCC(=O)N1CCCCC1)C(F)F. The molecule has 1 heterocycles.